The largest absolute Gasteiger partial charge is 0.368 e. The maximum atomic E-state index is 4.46. The van der Waals surface area contributed by atoms with E-state index in [1.54, 1.807) is 6.33 Å². The van der Waals surface area contributed by atoms with E-state index in [1.807, 2.05) is 29.1 Å². The highest BCUT2D eigenvalue weighted by Gasteiger charge is 2.09. The monoisotopic (exact) mass is 296 g/mol. The lowest BCUT2D eigenvalue weighted by Crippen LogP contribution is -2.21. The molecule has 0 atom stereocenters. The summed E-state index contributed by atoms with van der Waals surface area (Å²) in [6, 6.07) is 10.3. The summed E-state index contributed by atoms with van der Waals surface area (Å²) in [6.45, 7) is 2.49. The molecular weight excluding hydrogens is 276 g/mol. The lowest BCUT2D eigenvalue weighted by atomic mass is 10.2. The van der Waals surface area contributed by atoms with E-state index in [9.17, 15) is 0 Å². The van der Waals surface area contributed by atoms with Crippen LogP contribution in [0.15, 0.2) is 42.9 Å². The molecular formula is C16H20N6. The molecule has 114 valence electrons. The van der Waals surface area contributed by atoms with E-state index in [0.29, 0.717) is 6.54 Å². The van der Waals surface area contributed by atoms with Crippen LogP contribution in [0.4, 0.5) is 5.82 Å². The fourth-order valence-corrected chi connectivity index (χ4v) is 2.30. The van der Waals surface area contributed by atoms with Crippen molar-refractivity contribution in [3.05, 3.63) is 48.4 Å². The fourth-order valence-electron chi connectivity index (χ4n) is 2.30. The quantitative estimate of drug-likeness (QED) is 0.752. The van der Waals surface area contributed by atoms with Crippen molar-refractivity contribution in [3.8, 4) is 0 Å². The standard InChI is InChI=1S/C16H20N6/c1-21(2)9-8-17-15-14-10-20-22(16(14)19-12-18-15)11-13-6-4-3-5-7-13/h3-7,10,12H,8-9,11H2,1-2H3,(H,17,18,19). The molecule has 0 aliphatic heterocycles. The van der Waals surface area contributed by atoms with Crippen molar-refractivity contribution < 1.29 is 0 Å². The Morgan fingerprint density at radius 2 is 1.95 bits per heavy atom. The van der Waals surface area contributed by atoms with Gasteiger partial charge < -0.3 is 10.2 Å². The molecule has 0 aliphatic carbocycles. The molecule has 22 heavy (non-hydrogen) atoms. The van der Waals surface area contributed by atoms with Gasteiger partial charge in [0.05, 0.1) is 18.1 Å². The van der Waals surface area contributed by atoms with Gasteiger partial charge in [-0.3, -0.25) is 0 Å². The number of rotatable bonds is 6. The van der Waals surface area contributed by atoms with Gasteiger partial charge in [-0.1, -0.05) is 30.3 Å². The van der Waals surface area contributed by atoms with Crippen molar-refractivity contribution in [1.29, 1.82) is 0 Å². The van der Waals surface area contributed by atoms with Gasteiger partial charge >= 0.3 is 0 Å². The lowest BCUT2D eigenvalue weighted by molar-refractivity contribution is 0.425. The zero-order valence-electron chi connectivity index (χ0n) is 12.9. The van der Waals surface area contributed by atoms with Gasteiger partial charge in [-0.05, 0) is 19.7 Å². The van der Waals surface area contributed by atoms with E-state index in [-0.39, 0.29) is 0 Å². The summed E-state index contributed by atoms with van der Waals surface area (Å²) >= 11 is 0. The van der Waals surface area contributed by atoms with E-state index >= 15 is 0 Å². The number of anilines is 1. The molecule has 0 spiro atoms. The Morgan fingerprint density at radius 3 is 2.73 bits per heavy atom. The minimum absolute atomic E-state index is 0.707. The van der Waals surface area contributed by atoms with Crippen LogP contribution >= 0.6 is 0 Å². The summed E-state index contributed by atoms with van der Waals surface area (Å²) in [6.07, 6.45) is 3.42. The Labute approximate surface area is 129 Å². The van der Waals surface area contributed by atoms with Gasteiger partial charge in [0.1, 0.15) is 12.1 Å². The molecule has 6 heteroatoms. The minimum Gasteiger partial charge on any atom is -0.368 e. The maximum absolute atomic E-state index is 4.46. The van der Waals surface area contributed by atoms with Crippen LogP contribution in [0, 0.1) is 0 Å². The van der Waals surface area contributed by atoms with E-state index in [1.165, 1.54) is 5.56 Å². The number of benzene rings is 1. The first kappa shape index (κ1) is 14.5. The Kier molecular flexibility index (Phi) is 4.29. The summed E-state index contributed by atoms with van der Waals surface area (Å²) in [4.78, 5) is 10.8. The summed E-state index contributed by atoms with van der Waals surface area (Å²) in [7, 11) is 4.10. The SMILES string of the molecule is CN(C)CCNc1ncnc2c1cnn2Cc1ccccc1. The number of aromatic nitrogens is 4. The predicted molar refractivity (Wildman–Crippen MR) is 87.9 cm³/mol. The van der Waals surface area contributed by atoms with Gasteiger partial charge in [0, 0.05) is 13.1 Å². The van der Waals surface area contributed by atoms with Crippen LogP contribution in [-0.4, -0.2) is 51.8 Å². The Morgan fingerprint density at radius 1 is 1.14 bits per heavy atom. The molecule has 1 N–H and O–H groups in total. The molecule has 0 saturated carbocycles. The summed E-state index contributed by atoms with van der Waals surface area (Å²) in [5, 5.41) is 8.76. The number of hydrogen-bond donors (Lipinski definition) is 1. The molecule has 3 rings (SSSR count). The van der Waals surface area contributed by atoms with Gasteiger partial charge in [0.2, 0.25) is 0 Å². The van der Waals surface area contributed by atoms with Gasteiger partial charge in [-0.15, -0.1) is 0 Å². The molecule has 1 aromatic carbocycles. The van der Waals surface area contributed by atoms with Crippen LogP contribution in [0.2, 0.25) is 0 Å². The smallest absolute Gasteiger partial charge is 0.163 e. The highest BCUT2D eigenvalue weighted by atomic mass is 15.3. The second kappa shape index (κ2) is 6.53. The molecule has 2 heterocycles. The molecule has 0 radical (unpaired) electrons. The second-order valence-electron chi connectivity index (χ2n) is 5.48. The average Bonchev–Trinajstić information content (AvgIpc) is 2.92. The molecule has 0 saturated heterocycles. The number of hydrogen-bond acceptors (Lipinski definition) is 5. The van der Waals surface area contributed by atoms with Crippen LogP contribution in [0.1, 0.15) is 5.56 Å². The summed E-state index contributed by atoms with van der Waals surface area (Å²) in [5.41, 5.74) is 2.06. The number of nitrogens with one attached hydrogen (secondary N) is 1. The van der Waals surface area contributed by atoms with E-state index in [0.717, 1.165) is 29.9 Å². The minimum atomic E-state index is 0.707. The summed E-state index contributed by atoms with van der Waals surface area (Å²) < 4.78 is 1.91. The first-order chi connectivity index (χ1) is 10.7. The normalized spacial score (nSPS) is 11.2. The van der Waals surface area contributed by atoms with Crippen molar-refractivity contribution in [3.63, 3.8) is 0 Å². The third-order valence-corrected chi connectivity index (χ3v) is 3.46. The van der Waals surface area contributed by atoms with Gasteiger partial charge in [-0.2, -0.15) is 5.10 Å². The Hall–Kier alpha value is -2.47. The highest BCUT2D eigenvalue weighted by Crippen LogP contribution is 2.19. The predicted octanol–water partition coefficient (Wildman–Crippen LogP) is 1.85. The first-order valence-corrected chi connectivity index (χ1v) is 7.33. The van der Waals surface area contributed by atoms with E-state index in [2.05, 4.69) is 51.5 Å². The van der Waals surface area contributed by atoms with Crippen molar-refractivity contribution >= 4 is 16.9 Å². The third kappa shape index (κ3) is 3.23. The van der Waals surface area contributed by atoms with Crippen molar-refractivity contribution in [2.45, 2.75) is 6.54 Å². The maximum Gasteiger partial charge on any atom is 0.163 e. The highest BCUT2D eigenvalue weighted by molar-refractivity contribution is 5.86. The van der Waals surface area contributed by atoms with Gasteiger partial charge in [0.15, 0.2) is 5.65 Å². The first-order valence-electron chi connectivity index (χ1n) is 7.33. The lowest BCUT2D eigenvalue weighted by Gasteiger charge is -2.11. The van der Waals surface area contributed by atoms with Crippen LogP contribution < -0.4 is 5.32 Å². The number of likely N-dealkylation sites (N-methyl/N-ethyl adjacent to an activating group) is 1. The molecule has 2 aromatic heterocycles. The molecule has 3 aromatic rings. The van der Waals surface area contributed by atoms with Crippen molar-refractivity contribution in [2.24, 2.45) is 0 Å². The Bertz CT molecular complexity index is 735. The van der Waals surface area contributed by atoms with Crippen LogP contribution in [0.3, 0.4) is 0 Å². The third-order valence-electron chi connectivity index (χ3n) is 3.46. The Balaban J connectivity index is 1.82. The molecule has 0 unspecified atom stereocenters. The van der Waals surface area contributed by atoms with Crippen molar-refractivity contribution in [2.75, 3.05) is 32.5 Å². The van der Waals surface area contributed by atoms with Crippen LogP contribution in [-0.2, 0) is 6.54 Å². The van der Waals surface area contributed by atoms with Crippen molar-refractivity contribution in [1.82, 2.24) is 24.6 Å². The molecule has 0 aliphatic rings. The average molecular weight is 296 g/mol. The topological polar surface area (TPSA) is 58.9 Å². The molecule has 0 bridgehead atoms. The molecule has 6 nitrogen and oxygen atoms in total. The van der Waals surface area contributed by atoms with E-state index in [4.69, 9.17) is 0 Å². The number of fused-ring (bicyclic) bond motifs is 1. The molecule has 0 amide bonds. The second-order valence-corrected chi connectivity index (χ2v) is 5.48. The van der Waals surface area contributed by atoms with E-state index < -0.39 is 0 Å². The zero-order chi connectivity index (χ0) is 15.4. The number of nitrogens with zero attached hydrogens (tertiary/aromatic N) is 5. The molecule has 0 fully saturated rings. The van der Waals surface area contributed by atoms with Gasteiger partial charge in [0.25, 0.3) is 0 Å². The zero-order valence-corrected chi connectivity index (χ0v) is 12.9. The van der Waals surface area contributed by atoms with Crippen LogP contribution in [0.25, 0.3) is 11.0 Å². The van der Waals surface area contributed by atoms with Crippen LogP contribution in [0.5, 0.6) is 0 Å². The fraction of sp³-hybridized carbons (Fsp3) is 0.312. The summed E-state index contributed by atoms with van der Waals surface area (Å²) in [5.74, 6) is 0.839. The van der Waals surface area contributed by atoms with Gasteiger partial charge in [-0.25, -0.2) is 14.6 Å².